The first kappa shape index (κ1) is 19.9. The third kappa shape index (κ3) is 4.78. The van der Waals surface area contributed by atoms with Crippen LogP contribution in [-0.4, -0.2) is 16.1 Å². The molecule has 4 aromatic rings. The third-order valence-corrected chi connectivity index (χ3v) is 5.66. The van der Waals surface area contributed by atoms with E-state index in [9.17, 15) is 4.79 Å². The summed E-state index contributed by atoms with van der Waals surface area (Å²) in [6, 6.07) is 23.2. The fourth-order valence-electron chi connectivity index (χ4n) is 2.89. The largest absolute Gasteiger partial charge is 0.455 e. The van der Waals surface area contributed by atoms with E-state index >= 15 is 0 Å². The van der Waals surface area contributed by atoms with Gasteiger partial charge in [-0.25, -0.2) is 0 Å². The molecule has 0 aliphatic heterocycles. The first-order chi connectivity index (χ1) is 14.6. The molecule has 0 atom stereocenters. The molecule has 1 amide bonds. The minimum absolute atomic E-state index is 0.262. The van der Waals surface area contributed by atoms with Gasteiger partial charge in [0.25, 0.3) is 5.91 Å². The minimum atomic E-state index is -0.262. The number of nitrogens with one attached hydrogen (secondary N) is 1. The van der Waals surface area contributed by atoms with Crippen molar-refractivity contribution in [3.05, 3.63) is 95.4 Å². The number of carbonyl (C=O) groups excluding carboxylic acids is 1. The molecule has 2 aromatic heterocycles. The molecule has 6 heteroatoms. The number of nitrogens with zero attached hydrogens (tertiary/aromatic N) is 2. The van der Waals surface area contributed by atoms with Crippen LogP contribution in [0.3, 0.4) is 0 Å². The van der Waals surface area contributed by atoms with Gasteiger partial charge in [-0.1, -0.05) is 48.2 Å². The van der Waals surface area contributed by atoms with E-state index in [4.69, 9.17) is 4.42 Å². The van der Waals surface area contributed by atoms with E-state index in [1.54, 1.807) is 6.07 Å². The van der Waals surface area contributed by atoms with Crippen molar-refractivity contribution >= 4 is 23.4 Å². The molecule has 0 aliphatic rings. The Morgan fingerprint density at radius 2 is 1.77 bits per heavy atom. The highest BCUT2D eigenvalue weighted by atomic mass is 32.2. The van der Waals surface area contributed by atoms with Gasteiger partial charge in [0.1, 0.15) is 10.8 Å². The van der Waals surface area contributed by atoms with E-state index in [-0.39, 0.29) is 11.7 Å². The van der Waals surface area contributed by atoms with Crippen LogP contribution in [0.5, 0.6) is 0 Å². The molecule has 5 nitrogen and oxygen atoms in total. The van der Waals surface area contributed by atoms with Crippen LogP contribution in [0.1, 0.15) is 27.4 Å². The average molecular weight is 416 g/mol. The smallest absolute Gasteiger partial charge is 0.291 e. The van der Waals surface area contributed by atoms with E-state index < -0.39 is 0 Å². The maximum atomic E-state index is 12.4. The number of hydrogen-bond acceptors (Lipinski definition) is 5. The molecule has 1 N–H and O–H groups in total. The Kier molecular flexibility index (Phi) is 5.95. The predicted molar refractivity (Wildman–Crippen MR) is 120 cm³/mol. The van der Waals surface area contributed by atoms with Gasteiger partial charge < -0.3 is 9.73 Å². The van der Waals surface area contributed by atoms with Gasteiger partial charge >= 0.3 is 0 Å². The highest BCUT2D eigenvalue weighted by Gasteiger charge is 2.12. The fraction of sp³-hybridized carbons (Fsp3) is 0.125. The molecule has 0 fully saturated rings. The van der Waals surface area contributed by atoms with Crippen LogP contribution in [0.2, 0.25) is 0 Å². The summed E-state index contributed by atoms with van der Waals surface area (Å²) in [6.45, 7) is 4.06. The summed E-state index contributed by atoms with van der Waals surface area (Å²) in [4.78, 5) is 12.4. The van der Waals surface area contributed by atoms with E-state index in [0.717, 1.165) is 27.5 Å². The zero-order valence-electron chi connectivity index (χ0n) is 16.8. The summed E-state index contributed by atoms with van der Waals surface area (Å²) >= 11 is 1.51. The molecule has 4 rings (SSSR count). The normalized spacial score (nSPS) is 10.7. The monoisotopic (exact) mass is 415 g/mol. The standard InChI is InChI=1S/C24H21N3O2S/c1-16-8-9-19(14-17(16)2)25-24(28)22-12-10-20(29-22)15-30-23-13-11-21(26-27-23)18-6-4-3-5-7-18/h3-14H,15H2,1-2H3,(H,25,28). The summed E-state index contributed by atoms with van der Waals surface area (Å²) < 4.78 is 5.71. The van der Waals surface area contributed by atoms with Gasteiger partial charge in [-0.15, -0.1) is 10.2 Å². The lowest BCUT2D eigenvalue weighted by Gasteiger charge is -2.06. The van der Waals surface area contributed by atoms with Crippen molar-refractivity contribution in [2.75, 3.05) is 5.32 Å². The number of anilines is 1. The molecule has 30 heavy (non-hydrogen) atoms. The van der Waals surface area contributed by atoms with Gasteiger partial charge in [0.15, 0.2) is 5.76 Å². The molecule has 2 aromatic carbocycles. The molecule has 0 saturated carbocycles. The first-order valence-corrected chi connectivity index (χ1v) is 10.6. The number of aromatic nitrogens is 2. The summed E-state index contributed by atoms with van der Waals surface area (Å²) in [5, 5.41) is 12.2. The maximum Gasteiger partial charge on any atom is 0.291 e. The Labute approximate surface area is 179 Å². The van der Waals surface area contributed by atoms with Crippen molar-refractivity contribution in [2.45, 2.75) is 24.6 Å². The van der Waals surface area contributed by atoms with Crippen LogP contribution in [0, 0.1) is 13.8 Å². The molecule has 0 radical (unpaired) electrons. The lowest BCUT2D eigenvalue weighted by Crippen LogP contribution is -2.11. The molecule has 0 unspecified atom stereocenters. The second kappa shape index (κ2) is 8.97. The lowest BCUT2D eigenvalue weighted by atomic mass is 10.1. The average Bonchev–Trinajstić information content (AvgIpc) is 3.25. The number of thioether (sulfide) groups is 1. The van der Waals surface area contributed by atoms with E-state index in [0.29, 0.717) is 11.5 Å². The topological polar surface area (TPSA) is 68.0 Å². The highest BCUT2D eigenvalue weighted by Crippen LogP contribution is 2.24. The molecular formula is C24H21N3O2S. The Bertz CT molecular complexity index is 1150. The quantitative estimate of drug-likeness (QED) is 0.397. The van der Waals surface area contributed by atoms with Crippen molar-refractivity contribution in [3.63, 3.8) is 0 Å². The molecule has 0 saturated heterocycles. The maximum absolute atomic E-state index is 12.4. The number of rotatable bonds is 6. The van der Waals surface area contributed by atoms with Crippen molar-refractivity contribution < 1.29 is 9.21 Å². The first-order valence-electron chi connectivity index (χ1n) is 9.58. The Morgan fingerprint density at radius 1 is 0.933 bits per heavy atom. The van der Waals surface area contributed by atoms with Gasteiger partial charge in [0.2, 0.25) is 0 Å². The zero-order chi connectivity index (χ0) is 20.9. The third-order valence-electron chi connectivity index (χ3n) is 4.72. The Morgan fingerprint density at radius 3 is 2.50 bits per heavy atom. The van der Waals surface area contributed by atoms with Crippen LogP contribution in [0.25, 0.3) is 11.3 Å². The van der Waals surface area contributed by atoms with E-state index in [1.807, 2.05) is 80.6 Å². The fourth-order valence-corrected chi connectivity index (χ4v) is 3.60. The summed E-state index contributed by atoms with van der Waals surface area (Å²) in [6.07, 6.45) is 0. The van der Waals surface area contributed by atoms with Crippen LogP contribution >= 0.6 is 11.8 Å². The van der Waals surface area contributed by atoms with E-state index in [1.165, 1.54) is 17.3 Å². The molecular weight excluding hydrogens is 394 g/mol. The SMILES string of the molecule is Cc1ccc(NC(=O)c2ccc(CSc3ccc(-c4ccccc4)nn3)o2)cc1C. The summed E-state index contributed by atoms with van der Waals surface area (Å²) in [5.74, 6) is 1.30. The van der Waals surface area contributed by atoms with Gasteiger partial charge in [0.05, 0.1) is 11.4 Å². The van der Waals surface area contributed by atoms with Crippen molar-refractivity contribution in [3.8, 4) is 11.3 Å². The van der Waals surface area contributed by atoms with Crippen molar-refractivity contribution in [2.24, 2.45) is 0 Å². The van der Waals surface area contributed by atoms with Crippen LogP contribution in [-0.2, 0) is 5.75 Å². The zero-order valence-corrected chi connectivity index (χ0v) is 17.6. The van der Waals surface area contributed by atoms with Crippen LogP contribution in [0.4, 0.5) is 5.69 Å². The number of carbonyl (C=O) groups is 1. The lowest BCUT2D eigenvalue weighted by molar-refractivity contribution is 0.0995. The summed E-state index contributed by atoms with van der Waals surface area (Å²) in [5.41, 5.74) is 4.94. The minimum Gasteiger partial charge on any atom is -0.455 e. The number of aryl methyl sites for hydroxylation is 2. The van der Waals surface area contributed by atoms with Crippen LogP contribution < -0.4 is 5.32 Å². The van der Waals surface area contributed by atoms with Crippen molar-refractivity contribution in [1.29, 1.82) is 0 Å². The Balaban J connectivity index is 1.35. The van der Waals surface area contributed by atoms with Crippen molar-refractivity contribution in [1.82, 2.24) is 10.2 Å². The number of furan rings is 1. The molecule has 0 spiro atoms. The second-order valence-electron chi connectivity index (χ2n) is 6.93. The molecule has 2 heterocycles. The number of hydrogen-bond donors (Lipinski definition) is 1. The number of amides is 1. The van der Waals surface area contributed by atoms with Gasteiger partial charge in [-0.2, -0.15) is 0 Å². The Hall–Kier alpha value is -3.38. The predicted octanol–water partition coefficient (Wildman–Crippen LogP) is 5.90. The summed E-state index contributed by atoms with van der Waals surface area (Å²) in [7, 11) is 0. The van der Waals surface area contributed by atoms with E-state index in [2.05, 4.69) is 15.5 Å². The van der Waals surface area contributed by atoms with Gasteiger partial charge in [-0.05, 0) is 61.4 Å². The van der Waals surface area contributed by atoms with Gasteiger partial charge in [-0.3, -0.25) is 4.79 Å². The highest BCUT2D eigenvalue weighted by molar-refractivity contribution is 7.98. The van der Waals surface area contributed by atoms with Crippen LogP contribution in [0.15, 0.2) is 82.2 Å². The van der Waals surface area contributed by atoms with Gasteiger partial charge in [0, 0.05) is 11.3 Å². The second-order valence-corrected chi connectivity index (χ2v) is 7.93. The number of benzene rings is 2. The molecule has 0 bridgehead atoms. The molecule has 150 valence electrons. The molecule has 0 aliphatic carbocycles.